The first-order valence-electron chi connectivity index (χ1n) is 3.80. The molecular weight excluding hydrogens is 168 g/mol. The Labute approximate surface area is 74.4 Å². The molecule has 5 nitrogen and oxygen atoms in total. The topological polar surface area (TPSA) is 78.7 Å². The largest absolute Gasteiger partial charge is 0.594 e. The number of nitrogen functional groups attached to an aromatic ring is 1. The Morgan fingerprint density at radius 3 is 3.00 bits per heavy atom. The molecule has 0 amide bonds. The highest BCUT2D eigenvalue weighted by molar-refractivity contribution is 5.72. The number of fused-ring (bicyclic) bond motifs is 1. The van der Waals surface area contributed by atoms with Gasteiger partial charge in [0.2, 0.25) is 0 Å². The number of aryl methyl sites for hydroxylation is 1. The average molecular weight is 176 g/mol. The lowest BCUT2D eigenvalue weighted by molar-refractivity contribution is -0.641. The second-order valence-electron chi connectivity index (χ2n) is 2.84. The lowest BCUT2D eigenvalue weighted by Gasteiger charge is -1.99. The van der Waals surface area contributed by atoms with Gasteiger partial charge in [0.1, 0.15) is 5.52 Å². The Bertz CT molecular complexity index is 469. The van der Waals surface area contributed by atoms with E-state index < -0.39 is 0 Å². The van der Waals surface area contributed by atoms with Crippen LogP contribution in [0.5, 0.6) is 0 Å². The summed E-state index contributed by atoms with van der Waals surface area (Å²) < 4.78 is 0. The molecule has 0 saturated heterocycles. The van der Waals surface area contributed by atoms with Crippen LogP contribution in [0.15, 0.2) is 18.2 Å². The fourth-order valence-electron chi connectivity index (χ4n) is 1.17. The summed E-state index contributed by atoms with van der Waals surface area (Å²) in [5, 5.41) is 14.7. The average Bonchev–Trinajstić information content (AvgIpc) is 2.06. The Morgan fingerprint density at radius 1 is 1.46 bits per heavy atom. The molecule has 1 aromatic carbocycles. The lowest BCUT2D eigenvalue weighted by Crippen LogP contribution is -2.33. The van der Waals surface area contributed by atoms with Gasteiger partial charge in [-0.3, -0.25) is 0 Å². The smallest absolute Gasteiger partial charge is 0.288 e. The number of nitrogens with zero attached hydrogens (tertiary/aromatic N) is 3. The van der Waals surface area contributed by atoms with Crippen LogP contribution in [-0.4, -0.2) is 10.1 Å². The molecule has 1 aromatic heterocycles. The number of aromatic nitrogens is 3. The standard InChI is InChI=1S/C8H8N4O/c1-5-2-3-6-7(4-5)12(13)11-8(9)10-6/h2-4H,1H3,(H2,9,10,11). The summed E-state index contributed by atoms with van der Waals surface area (Å²) in [5.74, 6) is -0.00801. The van der Waals surface area contributed by atoms with Crippen molar-refractivity contribution in [2.24, 2.45) is 0 Å². The quantitative estimate of drug-likeness (QED) is 0.458. The van der Waals surface area contributed by atoms with Crippen LogP contribution in [0.4, 0.5) is 5.95 Å². The highest BCUT2D eigenvalue weighted by Gasteiger charge is 2.07. The third-order valence-electron chi connectivity index (χ3n) is 1.77. The highest BCUT2D eigenvalue weighted by Crippen LogP contribution is 2.09. The second kappa shape index (κ2) is 2.55. The monoisotopic (exact) mass is 176 g/mol. The van der Waals surface area contributed by atoms with Gasteiger partial charge in [-0.25, -0.2) is 4.98 Å². The molecule has 0 saturated carbocycles. The number of anilines is 1. The molecule has 13 heavy (non-hydrogen) atoms. The molecule has 0 aliphatic rings. The molecule has 0 radical (unpaired) electrons. The van der Waals surface area contributed by atoms with Crippen LogP contribution in [0.2, 0.25) is 0 Å². The summed E-state index contributed by atoms with van der Waals surface area (Å²) in [4.78, 5) is 4.41. The molecule has 0 unspecified atom stereocenters. The Balaban J connectivity index is 2.87. The van der Waals surface area contributed by atoms with E-state index in [2.05, 4.69) is 10.1 Å². The maximum Gasteiger partial charge on any atom is 0.288 e. The highest BCUT2D eigenvalue weighted by atomic mass is 16.5. The van der Waals surface area contributed by atoms with Gasteiger partial charge in [-0.05, 0) is 23.4 Å². The zero-order valence-corrected chi connectivity index (χ0v) is 7.06. The summed E-state index contributed by atoms with van der Waals surface area (Å²) in [6, 6.07) is 5.34. The van der Waals surface area contributed by atoms with Gasteiger partial charge in [-0.1, -0.05) is 6.07 Å². The Kier molecular flexibility index (Phi) is 1.51. The summed E-state index contributed by atoms with van der Waals surface area (Å²) in [6.07, 6.45) is 0. The normalized spacial score (nSPS) is 10.5. The van der Waals surface area contributed by atoms with Crippen molar-refractivity contribution < 1.29 is 4.85 Å². The van der Waals surface area contributed by atoms with Gasteiger partial charge in [-0.15, -0.1) is 0 Å². The van der Waals surface area contributed by atoms with Gasteiger partial charge in [-0.2, -0.15) is 0 Å². The van der Waals surface area contributed by atoms with Gasteiger partial charge < -0.3 is 10.9 Å². The zero-order valence-electron chi connectivity index (χ0n) is 7.06. The molecule has 0 atom stereocenters. The lowest BCUT2D eigenvalue weighted by atomic mass is 10.2. The molecule has 1 heterocycles. The van der Waals surface area contributed by atoms with E-state index in [0.717, 1.165) is 5.56 Å². The van der Waals surface area contributed by atoms with Crippen molar-refractivity contribution >= 4 is 17.0 Å². The third kappa shape index (κ3) is 1.24. The van der Waals surface area contributed by atoms with E-state index in [4.69, 9.17) is 5.73 Å². The number of hydrogen-bond donors (Lipinski definition) is 1. The molecule has 0 fully saturated rings. The van der Waals surface area contributed by atoms with Crippen molar-refractivity contribution in [3.63, 3.8) is 0 Å². The van der Waals surface area contributed by atoms with E-state index in [9.17, 15) is 5.21 Å². The molecule has 0 aliphatic carbocycles. The van der Waals surface area contributed by atoms with Crippen LogP contribution >= 0.6 is 0 Å². The first-order chi connectivity index (χ1) is 6.16. The number of rotatable bonds is 0. The van der Waals surface area contributed by atoms with Crippen molar-refractivity contribution in [3.05, 3.63) is 29.0 Å². The van der Waals surface area contributed by atoms with Crippen LogP contribution in [0, 0.1) is 12.1 Å². The van der Waals surface area contributed by atoms with E-state index in [-0.39, 0.29) is 5.95 Å². The first kappa shape index (κ1) is 7.72. The van der Waals surface area contributed by atoms with Crippen molar-refractivity contribution in [2.45, 2.75) is 6.92 Å². The van der Waals surface area contributed by atoms with Crippen molar-refractivity contribution in [1.29, 1.82) is 0 Å². The molecule has 2 aromatic rings. The van der Waals surface area contributed by atoms with Gasteiger partial charge in [0.15, 0.2) is 0 Å². The van der Waals surface area contributed by atoms with E-state index in [1.807, 2.05) is 13.0 Å². The van der Waals surface area contributed by atoms with Gasteiger partial charge in [0, 0.05) is 6.07 Å². The second-order valence-corrected chi connectivity index (χ2v) is 2.84. The molecular formula is C8H8N4O. The van der Waals surface area contributed by atoms with Crippen molar-refractivity contribution in [3.8, 4) is 0 Å². The number of hydrogen-bond acceptors (Lipinski definition) is 4. The van der Waals surface area contributed by atoms with E-state index in [1.54, 1.807) is 12.1 Å². The molecule has 5 heteroatoms. The maximum absolute atomic E-state index is 11.2. The van der Waals surface area contributed by atoms with Crippen LogP contribution in [0.1, 0.15) is 5.56 Å². The van der Waals surface area contributed by atoms with Gasteiger partial charge >= 0.3 is 0 Å². The summed E-state index contributed by atoms with van der Waals surface area (Å²) >= 11 is 0. The van der Waals surface area contributed by atoms with Crippen molar-refractivity contribution in [2.75, 3.05) is 5.73 Å². The predicted octanol–water partition coefficient (Wildman–Crippen LogP) is 0.154. The molecule has 2 N–H and O–H groups in total. The minimum Gasteiger partial charge on any atom is -0.594 e. The van der Waals surface area contributed by atoms with Crippen LogP contribution in [0.3, 0.4) is 0 Å². The van der Waals surface area contributed by atoms with E-state index in [1.165, 1.54) is 0 Å². The molecule has 66 valence electrons. The Morgan fingerprint density at radius 2 is 2.23 bits per heavy atom. The molecule has 0 spiro atoms. The number of benzene rings is 1. The fourth-order valence-corrected chi connectivity index (χ4v) is 1.17. The zero-order chi connectivity index (χ0) is 9.42. The third-order valence-corrected chi connectivity index (χ3v) is 1.77. The fraction of sp³-hybridized carbons (Fsp3) is 0.125. The van der Waals surface area contributed by atoms with E-state index in [0.29, 0.717) is 15.9 Å². The minimum atomic E-state index is -0.00801. The van der Waals surface area contributed by atoms with Crippen LogP contribution < -0.4 is 10.6 Å². The van der Waals surface area contributed by atoms with Crippen LogP contribution in [0.25, 0.3) is 11.0 Å². The van der Waals surface area contributed by atoms with Crippen LogP contribution in [-0.2, 0) is 0 Å². The minimum absolute atomic E-state index is 0.00801. The summed E-state index contributed by atoms with van der Waals surface area (Å²) in [5.41, 5.74) is 7.31. The molecule has 0 bridgehead atoms. The summed E-state index contributed by atoms with van der Waals surface area (Å²) in [7, 11) is 0. The molecule has 0 aliphatic heterocycles. The van der Waals surface area contributed by atoms with Crippen molar-refractivity contribution in [1.82, 2.24) is 10.1 Å². The van der Waals surface area contributed by atoms with Gasteiger partial charge in [0.05, 0.1) is 5.10 Å². The summed E-state index contributed by atoms with van der Waals surface area (Å²) in [6.45, 7) is 1.90. The Hall–Kier alpha value is -1.91. The van der Waals surface area contributed by atoms with E-state index >= 15 is 0 Å². The number of nitrogens with two attached hydrogens (primary N) is 1. The first-order valence-corrected chi connectivity index (χ1v) is 3.80. The predicted molar refractivity (Wildman–Crippen MR) is 47.6 cm³/mol. The SMILES string of the molecule is Cc1ccc2nc(N)n[n+]([O-])c2c1. The molecule has 2 rings (SSSR count). The van der Waals surface area contributed by atoms with Gasteiger partial charge in [0.25, 0.3) is 11.5 Å². The maximum atomic E-state index is 11.2.